The Kier molecular flexibility index (Phi) is 8.77. The highest BCUT2D eigenvalue weighted by Crippen LogP contribution is 2.37. The number of ether oxygens (including phenoxy) is 3. The molecule has 0 radical (unpaired) electrons. The van der Waals surface area contributed by atoms with E-state index in [0.29, 0.717) is 53.1 Å². The van der Waals surface area contributed by atoms with Crippen LogP contribution in [0.25, 0.3) is 10.4 Å². The Morgan fingerprint density at radius 2 is 1.88 bits per heavy atom. The molecule has 1 N–H and O–H groups in total. The number of morpholine rings is 1. The van der Waals surface area contributed by atoms with Crippen molar-refractivity contribution in [2.75, 3.05) is 44.8 Å². The summed E-state index contributed by atoms with van der Waals surface area (Å²) in [6.45, 7) is 7.29. The van der Waals surface area contributed by atoms with Crippen molar-refractivity contribution in [3.63, 3.8) is 0 Å². The van der Waals surface area contributed by atoms with Crippen molar-refractivity contribution in [2.24, 2.45) is 0 Å². The zero-order valence-electron chi connectivity index (χ0n) is 24.1. The van der Waals surface area contributed by atoms with Gasteiger partial charge in [-0.2, -0.15) is 0 Å². The number of hydrogen-bond acceptors (Lipinski definition) is 7. The number of thiophene rings is 1. The number of nitrogens with one attached hydrogen (secondary N) is 1. The zero-order valence-corrected chi connectivity index (χ0v) is 25.6. The molecule has 1 unspecified atom stereocenters. The molecule has 2 aromatic carbocycles. The van der Waals surface area contributed by atoms with Gasteiger partial charge in [0.15, 0.2) is 0 Å². The second kappa shape index (κ2) is 12.3. The molecule has 1 saturated heterocycles. The van der Waals surface area contributed by atoms with Gasteiger partial charge in [0, 0.05) is 41.3 Å². The molecule has 1 atom stereocenters. The second-order valence-electron chi connectivity index (χ2n) is 11.2. The van der Waals surface area contributed by atoms with E-state index < -0.39 is 11.7 Å². The third-order valence-corrected chi connectivity index (χ3v) is 8.47. The standard InChI is InChI=1S/C31H34ClN3O6S/c1-31(2,3)41-30(38)34-13-14-40-23(18-34)17-33-28(36)24-10-9-22(16-25(24)39-4)35-12-11-20-15-26(42-27(20)29(35)37)19-5-7-21(32)8-6-19/h5-10,15-16,23H,11-14,17-18H2,1-4H3,(H,33,36). The van der Waals surface area contributed by atoms with Crippen LogP contribution in [0.2, 0.25) is 5.02 Å². The maximum atomic E-state index is 13.5. The van der Waals surface area contributed by atoms with Crippen LogP contribution in [0, 0.1) is 0 Å². The van der Waals surface area contributed by atoms with E-state index in [1.54, 1.807) is 28.0 Å². The number of nitrogens with zero attached hydrogens (tertiary/aromatic N) is 2. The summed E-state index contributed by atoms with van der Waals surface area (Å²) in [5.41, 5.74) is 2.46. The maximum Gasteiger partial charge on any atom is 0.410 e. The van der Waals surface area contributed by atoms with Crippen LogP contribution >= 0.6 is 22.9 Å². The van der Waals surface area contributed by atoms with Crippen molar-refractivity contribution >= 4 is 46.5 Å². The first-order valence-electron chi connectivity index (χ1n) is 13.8. The highest BCUT2D eigenvalue weighted by atomic mass is 35.5. The Morgan fingerprint density at radius 3 is 2.60 bits per heavy atom. The molecule has 222 valence electrons. The molecule has 3 aromatic rings. The van der Waals surface area contributed by atoms with Gasteiger partial charge in [0.2, 0.25) is 0 Å². The SMILES string of the molecule is COc1cc(N2CCc3cc(-c4ccc(Cl)cc4)sc3C2=O)ccc1C(=O)NCC1CN(C(=O)OC(C)(C)C)CCO1. The molecule has 0 saturated carbocycles. The number of benzene rings is 2. The van der Waals surface area contributed by atoms with Gasteiger partial charge < -0.3 is 29.3 Å². The largest absolute Gasteiger partial charge is 0.496 e. The smallest absolute Gasteiger partial charge is 0.410 e. The van der Waals surface area contributed by atoms with E-state index in [1.165, 1.54) is 18.4 Å². The number of rotatable bonds is 6. The summed E-state index contributed by atoms with van der Waals surface area (Å²) in [4.78, 5) is 44.1. The van der Waals surface area contributed by atoms with E-state index >= 15 is 0 Å². The Labute approximate surface area is 254 Å². The predicted octanol–water partition coefficient (Wildman–Crippen LogP) is 5.65. The number of carbonyl (C=O) groups excluding carboxylic acids is 3. The predicted molar refractivity (Wildman–Crippen MR) is 163 cm³/mol. The minimum Gasteiger partial charge on any atom is -0.496 e. The summed E-state index contributed by atoms with van der Waals surface area (Å²) in [7, 11) is 1.49. The second-order valence-corrected chi connectivity index (χ2v) is 12.7. The first-order valence-corrected chi connectivity index (χ1v) is 15.0. The highest BCUT2D eigenvalue weighted by Gasteiger charge is 2.31. The number of hydrogen-bond donors (Lipinski definition) is 1. The summed E-state index contributed by atoms with van der Waals surface area (Å²) in [6, 6.07) is 14.8. The van der Waals surface area contributed by atoms with E-state index in [0.717, 1.165) is 22.4 Å². The van der Waals surface area contributed by atoms with Crippen LogP contribution in [-0.4, -0.2) is 74.4 Å². The minimum atomic E-state index is -0.590. The Bertz CT molecular complexity index is 1480. The fraction of sp³-hybridized carbons (Fsp3) is 0.387. The molecule has 1 aromatic heterocycles. The lowest BCUT2D eigenvalue weighted by Gasteiger charge is -2.34. The number of methoxy groups -OCH3 is 1. The quantitative estimate of drug-likeness (QED) is 0.387. The molecule has 0 spiro atoms. The number of fused-ring (bicyclic) bond motifs is 1. The maximum absolute atomic E-state index is 13.5. The average molecular weight is 612 g/mol. The van der Waals surface area contributed by atoms with Crippen LogP contribution in [0.15, 0.2) is 48.5 Å². The van der Waals surface area contributed by atoms with Gasteiger partial charge in [-0.05, 0) is 68.7 Å². The average Bonchev–Trinajstić information content (AvgIpc) is 3.41. The van der Waals surface area contributed by atoms with Crippen LogP contribution < -0.4 is 15.0 Å². The van der Waals surface area contributed by atoms with Crippen molar-refractivity contribution < 1.29 is 28.6 Å². The lowest BCUT2D eigenvalue weighted by Crippen LogP contribution is -2.50. The van der Waals surface area contributed by atoms with Crippen molar-refractivity contribution in [1.82, 2.24) is 10.2 Å². The summed E-state index contributed by atoms with van der Waals surface area (Å²) < 4.78 is 16.8. The van der Waals surface area contributed by atoms with Gasteiger partial charge in [0.1, 0.15) is 11.4 Å². The molecule has 3 amide bonds. The highest BCUT2D eigenvalue weighted by molar-refractivity contribution is 7.17. The molecule has 2 aliphatic rings. The Hall–Kier alpha value is -3.60. The number of amides is 3. The molecular weight excluding hydrogens is 578 g/mol. The van der Waals surface area contributed by atoms with Crippen molar-refractivity contribution in [3.8, 4) is 16.2 Å². The number of anilines is 1. The molecule has 9 nitrogen and oxygen atoms in total. The van der Waals surface area contributed by atoms with Crippen molar-refractivity contribution in [1.29, 1.82) is 0 Å². The molecular formula is C31H34ClN3O6S. The van der Waals surface area contributed by atoms with E-state index in [-0.39, 0.29) is 24.5 Å². The first kappa shape index (κ1) is 29.9. The number of carbonyl (C=O) groups is 3. The summed E-state index contributed by atoms with van der Waals surface area (Å²) in [5, 5.41) is 3.55. The summed E-state index contributed by atoms with van der Waals surface area (Å²) in [6.07, 6.45) is -0.0519. The van der Waals surface area contributed by atoms with E-state index in [2.05, 4.69) is 11.4 Å². The molecule has 0 bridgehead atoms. The monoisotopic (exact) mass is 611 g/mol. The zero-order chi connectivity index (χ0) is 30.0. The first-order chi connectivity index (χ1) is 20.0. The van der Waals surface area contributed by atoms with Gasteiger partial charge in [0.25, 0.3) is 11.8 Å². The Morgan fingerprint density at radius 1 is 1.12 bits per heavy atom. The van der Waals surface area contributed by atoms with Crippen molar-refractivity contribution in [2.45, 2.75) is 38.9 Å². The van der Waals surface area contributed by atoms with E-state index in [9.17, 15) is 14.4 Å². The lowest BCUT2D eigenvalue weighted by atomic mass is 10.0. The lowest BCUT2D eigenvalue weighted by molar-refractivity contribution is -0.0404. The van der Waals surface area contributed by atoms with Gasteiger partial charge in [0.05, 0.1) is 36.8 Å². The normalized spacial score (nSPS) is 17.1. The van der Waals surface area contributed by atoms with Crippen molar-refractivity contribution in [3.05, 3.63) is 69.6 Å². The molecule has 0 aliphatic carbocycles. The van der Waals surface area contributed by atoms with Crippen LogP contribution in [0.3, 0.4) is 0 Å². The molecule has 1 fully saturated rings. The van der Waals surface area contributed by atoms with Crippen LogP contribution in [0.5, 0.6) is 5.75 Å². The topological polar surface area (TPSA) is 97.4 Å². The van der Waals surface area contributed by atoms with Crippen LogP contribution in [0.4, 0.5) is 10.5 Å². The molecule has 5 rings (SSSR count). The third-order valence-electron chi connectivity index (χ3n) is 7.00. The van der Waals surface area contributed by atoms with E-state index in [4.69, 9.17) is 25.8 Å². The summed E-state index contributed by atoms with van der Waals surface area (Å²) in [5.74, 6) is -0.0595. The van der Waals surface area contributed by atoms with Crippen LogP contribution in [0.1, 0.15) is 46.4 Å². The van der Waals surface area contributed by atoms with E-state index in [1.807, 2.05) is 45.0 Å². The fourth-order valence-corrected chi connectivity index (χ4v) is 6.22. The van der Waals surface area contributed by atoms with Gasteiger partial charge >= 0.3 is 6.09 Å². The van der Waals surface area contributed by atoms with Gasteiger partial charge in [-0.1, -0.05) is 23.7 Å². The van der Waals surface area contributed by atoms with Gasteiger partial charge in [-0.25, -0.2) is 4.79 Å². The minimum absolute atomic E-state index is 0.0790. The van der Waals surface area contributed by atoms with Crippen LogP contribution in [-0.2, 0) is 15.9 Å². The molecule has 42 heavy (non-hydrogen) atoms. The Balaban J connectivity index is 1.24. The summed E-state index contributed by atoms with van der Waals surface area (Å²) >= 11 is 7.51. The molecule has 2 aliphatic heterocycles. The fourth-order valence-electron chi connectivity index (χ4n) is 4.93. The third kappa shape index (κ3) is 6.72. The molecule has 11 heteroatoms. The van der Waals surface area contributed by atoms with Gasteiger partial charge in [-0.15, -0.1) is 11.3 Å². The number of halogens is 1. The molecule has 3 heterocycles. The van der Waals surface area contributed by atoms with Gasteiger partial charge in [-0.3, -0.25) is 9.59 Å².